The number of nitrogen functional groups attached to an aromatic ring is 1. The van der Waals surface area contributed by atoms with Gasteiger partial charge in [0.2, 0.25) is 5.95 Å². The number of aromatic nitrogens is 2. The van der Waals surface area contributed by atoms with Crippen LogP contribution in [0.4, 0.5) is 14.7 Å². The Bertz CT molecular complexity index is 781. The Labute approximate surface area is 121 Å². The van der Waals surface area contributed by atoms with E-state index in [2.05, 4.69) is 4.98 Å². The molecule has 0 saturated heterocycles. The fourth-order valence-corrected chi connectivity index (χ4v) is 2.71. The van der Waals surface area contributed by atoms with Crippen LogP contribution in [0.25, 0.3) is 11.0 Å². The van der Waals surface area contributed by atoms with Crippen molar-refractivity contribution in [3.63, 3.8) is 0 Å². The molecule has 3 rings (SSSR count). The van der Waals surface area contributed by atoms with E-state index in [1.54, 1.807) is 4.57 Å². The van der Waals surface area contributed by atoms with Gasteiger partial charge in [0.1, 0.15) is 11.3 Å². The molecule has 108 valence electrons. The van der Waals surface area contributed by atoms with Gasteiger partial charge in [-0.2, -0.15) is 0 Å². The van der Waals surface area contributed by atoms with Crippen molar-refractivity contribution in [2.45, 2.75) is 19.4 Å². The molecule has 0 radical (unpaired) electrons. The minimum atomic E-state index is -0.696. The number of hydrogen-bond acceptors (Lipinski definition) is 2. The van der Waals surface area contributed by atoms with Crippen LogP contribution in [-0.2, 0) is 0 Å². The van der Waals surface area contributed by atoms with E-state index in [9.17, 15) is 8.78 Å². The SMILES string of the molecule is CCC(c1ccccc1)n1c(N)nc2c(F)cc(F)cc21. The topological polar surface area (TPSA) is 43.8 Å². The normalized spacial score (nSPS) is 12.7. The van der Waals surface area contributed by atoms with Gasteiger partial charge in [0.25, 0.3) is 0 Å². The third kappa shape index (κ3) is 2.24. The summed E-state index contributed by atoms with van der Waals surface area (Å²) in [5, 5.41) is 0. The number of anilines is 1. The fourth-order valence-electron chi connectivity index (χ4n) is 2.71. The van der Waals surface area contributed by atoms with Crippen LogP contribution in [0, 0.1) is 11.6 Å². The van der Waals surface area contributed by atoms with Gasteiger partial charge in [0, 0.05) is 12.1 Å². The molecule has 2 aromatic carbocycles. The van der Waals surface area contributed by atoms with Crippen molar-refractivity contribution in [2.24, 2.45) is 0 Å². The molecule has 0 saturated carbocycles. The summed E-state index contributed by atoms with van der Waals surface area (Å²) in [6, 6.07) is 11.7. The molecule has 0 amide bonds. The van der Waals surface area contributed by atoms with Gasteiger partial charge in [0.05, 0.1) is 11.6 Å². The molecule has 0 aliphatic heterocycles. The summed E-state index contributed by atoms with van der Waals surface area (Å²) in [5.41, 5.74) is 7.45. The zero-order valence-electron chi connectivity index (χ0n) is 11.6. The maximum absolute atomic E-state index is 13.8. The van der Waals surface area contributed by atoms with Crippen molar-refractivity contribution < 1.29 is 8.78 Å². The maximum atomic E-state index is 13.8. The Morgan fingerprint density at radius 1 is 1.19 bits per heavy atom. The van der Waals surface area contributed by atoms with Crippen molar-refractivity contribution in [1.82, 2.24) is 9.55 Å². The van der Waals surface area contributed by atoms with Gasteiger partial charge in [-0.25, -0.2) is 13.8 Å². The van der Waals surface area contributed by atoms with Gasteiger partial charge < -0.3 is 10.3 Å². The van der Waals surface area contributed by atoms with Gasteiger partial charge in [-0.05, 0) is 12.0 Å². The minimum Gasteiger partial charge on any atom is -0.369 e. The van der Waals surface area contributed by atoms with E-state index in [0.29, 0.717) is 5.52 Å². The second-order valence-electron chi connectivity index (χ2n) is 4.93. The standard InChI is InChI=1S/C16H15F2N3/c1-2-13(10-6-4-3-5-7-10)21-14-9-11(17)8-12(18)15(14)20-16(21)19/h3-9,13H,2H2,1H3,(H2,19,20). The first-order chi connectivity index (χ1) is 10.1. The van der Waals surface area contributed by atoms with Crippen LogP contribution in [0.2, 0.25) is 0 Å². The first-order valence-electron chi connectivity index (χ1n) is 6.79. The Hall–Kier alpha value is -2.43. The van der Waals surface area contributed by atoms with Crippen molar-refractivity contribution >= 4 is 17.0 Å². The molecule has 21 heavy (non-hydrogen) atoms. The highest BCUT2D eigenvalue weighted by Gasteiger charge is 2.20. The molecule has 2 N–H and O–H groups in total. The maximum Gasteiger partial charge on any atom is 0.201 e. The van der Waals surface area contributed by atoms with E-state index in [1.807, 2.05) is 37.3 Å². The lowest BCUT2D eigenvalue weighted by molar-refractivity contribution is 0.578. The van der Waals surface area contributed by atoms with Gasteiger partial charge in [-0.15, -0.1) is 0 Å². The third-order valence-electron chi connectivity index (χ3n) is 3.62. The van der Waals surface area contributed by atoms with Gasteiger partial charge in [-0.3, -0.25) is 0 Å². The summed E-state index contributed by atoms with van der Waals surface area (Å²) in [4.78, 5) is 4.05. The van der Waals surface area contributed by atoms with E-state index < -0.39 is 11.6 Å². The molecule has 0 spiro atoms. The number of nitrogens with two attached hydrogens (primary N) is 1. The molecule has 0 bridgehead atoms. The minimum absolute atomic E-state index is 0.100. The Morgan fingerprint density at radius 2 is 1.90 bits per heavy atom. The van der Waals surface area contributed by atoms with E-state index in [1.165, 1.54) is 6.07 Å². The number of halogens is 2. The van der Waals surface area contributed by atoms with E-state index in [-0.39, 0.29) is 17.5 Å². The predicted octanol–water partition coefficient (Wildman–Crippen LogP) is 3.90. The number of benzene rings is 2. The summed E-state index contributed by atoms with van der Waals surface area (Å²) in [6.07, 6.45) is 0.734. The third-order valence-corrected chi connectivity index (χ3v) is 3.62. The monoisotopic (exact) mass is 287 g/mol. The molecule has 3 aromatic rings. The molecule has 1 unspecified atom stereocenters. The molecular weight excluding hydrogens is 272 g/mol. The highest BCUT2D eigenvalue weighted by Crippen LogP contribution is 2.31. The van der Waals surface area contributed by atoms with Gasteiger partial charge in [-0.1, -0.05) is 37.3 Å². The molecule has 3 nitrogen and oxygen atoms in total. The average molecular weight is 287 g/mol. The van der Waals surface area contributed by atoms with Crippen LogP contribution in [0.5, 0.6) is 0 Å². The van der Waals surface area contributed by atoms with Crippen LogP contribution in [0.1, 0.15) is 24.9 Å². The summed E-state index contributed by atoms with van der Waals surface area (Å²) < 4.78 is 29.1. The molecule has 0 aliphatic rings. The highest BCUT2D eigenvalue weighted by atomic mass is 19.1. The van der Waals surface area contributed by atoms with E-state index in [4.69, 9.17) is 5.73 Å². The summed E-state index contributed by atoms with van der Waals surface area (Å²) in [7, 11) is 0. The van der Waals surface area contributed by atoms with Gasteiger partial charge >= 0.3 is 0 Å². The molecule has 1 atom stereocenters. The largest absolute Gasteiger partial charge is 0.369 e. The smallest absolute Gasteiger partial charge is 0.201 e. The van der Waals surface area contributed by atoms with Crippen LogP contribution < -0.4 is 5.73 Å². The van der Waals surface area contributed by atoms with Crippen LogP contribution in [0.3, 0.4) is 0 Å². The quantitative estimate of drug-likeness (QED) is 0.794. The zero-order valence-corrected chi connectivity index (χ0v) is 11.6. The first kappa shape index (κ1) is 13.5. The summed E-state index contributed by atoms with van der Waals surface area (Å²) in [6.45, 7) is 2.00. The number of fused-ring (bicyclic) bond motifs is 1. The predicted molar refractivity (Wildman–Crippen MR) is 78.9 cm³/mol. The Morgan fingerprint density at radius 3 is 2.57 bits per heavy atom. The second-order valence-corrected chi connectivity index (χ2v) is 4.93. The van der Waals surface area contributed by atoms with Crippen LogP contribution in [-0.4, -0.2) is 9.55 Å². The summed E-state index contributed by atoms with van der Waals surface area (Å²) in [5.74, 6) is -1.15. The molecule has 5 heteroatoms. The Kier molecular flexibility index (Phi) is 3.33. The second kappa shape index (κ2) is 5.16. The number of nitrogens with zero attached hydrogens (tertiary/aromatic N) is 2. The fraction of sp³-hybridized carbons (Fsp3) is 0.188. The molecule has 0 aliphatic carbocycles. The van der Waals surface area contributed by atoms with Crippen LogP contribution in [0.15, 0.2) is 42.5 Å². The summed E-state index contributed by atoms with van der Waals surface area (Å²) >= 11 is 0. The molecule has 1 heterocycles. The lowest BCUT2D eigenvalue weighted by Crippen LogP contribution is -2.12. The van der Waals surface area contributed by atoms with Crippen molar-refractivity contribution in [1.29, 1.82) is 0 Å². The van der Waals surface area contributed by atoms with E-state index >= 15 is 0 Å². The average Bonchev–Trinajstić information content (AvgIpc) is 2.79. The lowest BCUT2D eigenvalue weighted by Gasteiger charge is -2.19. The van der Waals surface area contributed by atoms with Crippen LogP contribution >= 0.6 is 0 Å². The Balaban J connectivity index is 2.26. The molecule has 1 aromatic heterocycles. The molecular formula is C16H15F2N3. The first-order valence-corrected chi connectivity index (χ1v) is 6.79. The number of rotatable bonds is 3. The molecule has 0 fully saturated rings. The van der Waals surface area contributed by atoms with Crippen molar-refractivity contribution in [3.8, 4) is 0 Å². The number of imidazole rings is 1. The van der Waals surface area contributed by atoms with Crippen molar-refractivity contribution in [2.75, 3.05) is 5.73 Å². The lowest BCUT2D eigenvalue weighted by atomic mass is 10.0. The number of hydrogen-bond donors (Lipinski definition) is 1. The highest BCUT2D eigenvalue weighted by molar-refractivity contribution is 5.79. The van der Waals surface area contributed by atoms with Gasteiger partial charge in [0.15, 0.2) is 5.82 Å². The van der Waals surface area contributed by atoms with E-state index in [0.717, 1.165) is 18.1 Å². The zero-order chi connectivity index (χ0) is 15.0. The van der Waals surface area contributed by atoms with Crippen molar-refractivity contribution in [3.05, 3.63) is 59.7 Å².